The summed E-state index contributed by atoms with van der Waals surface area (Å²) in [6.07, 6.45) is 3.29. The second-order valence-electron chi connectivity index (χ2n) is 6.77. The average molecular weight is 348 g/mol. The fraction of sp³-hybridized carbons (Fsp3) is 0.632. The molecule has 2 fully saturated rings. The highest BCUT2D eigenvalue weighted by Crippen LogP contribution is 2.38. The van der Waals surface area contributed by atoms with Gasteiger partial charge in [-0.1, -0.05) is 12.1 Å². The van der Waals surface area contributed by atoms with Crippen molar-refractivity contribution in [2.75, 3.05) is 40.0 Å². The van der Waals surface area contributed by atoms with Crippen molar-refractivity contribution in [1.29, 1.82) is 0 Å². The highest BCUT2D eigenvalue weighted by Gasteiger charge is 2.43. The van der Waals surface area contributed by atoms with Crippen LogP contribution in [-0.4, -0.2) is 56.6 Å². The summed E-state index contributed by atoms with van der Waals surface area (Å²) in [5, 5.41) is 3.11. The molecule has 1 aromatic carbocycles. The van der Waals surface area contributed by atoms with Crippen molar-refractivity contribution in [2.24, 2.45) is 0 Å². The predicted molar refractivity (Wildman–Crippen MR) is 94.9 cm³/mol. The van der Waals surface area contributed by atoms with Crippen molar-refractivity contribution in [3.63, 3.8) is 0 Å². The molecule has 138 valence electrons. The molecular weight excluding hydrogens is 320 g/mol. The first-order valence-corrected chi connectivity index (χ1v) is 9.07. The maximum absolute atomic E-state index is 12.7. The number of nitrogens with zero attached hydrogens (tertiary/aromatic N) is 1. The van der Waals surface area contributed by atoms with Crippen LogP contribution >= 0.6 is 0 Å². The normalized spacial score (nSPS) is 20.0. The van der Waals surface area contributed by atoms with Crippen LogP contribution in [0.4, 0.5) is 4.79 Å². The zero-order chi connectivity index (χ0) is 17.7. The lowest BCUT2D eigenvalue weighted by molar-refractivity contribution is -0.141. The molecule has 1 saturated carbocycles. The van der Waals surface area contributed by atoms with E-state index in [1.54, 1.807) is 7.11 Å². The van der Waals surface area contributed by atoms with Gasteiger partial charge in [0, 0.05) is 13.7 Å². The van der Waals surface area contributed by atoms with E-state index in [0.717, 1.165) is 24.2 Å². The number of benzene rings is 1. The van der Waals surface area contributed by atoms with Gasteiger partial charge >= 0.3 is 6.03 Å². The highest BCUT2D eigenvalue weighted by atomic mass is 16.5. The van der Waals surface area contributed by atoms with Gasteiger partial charge in [-0.15, -0.1) is 0 Å². The van der Waals surface area contributed by atoms with Gasteiger partial charge in [-0.25, -0.2) is 4.79 Å². The molecule has 0 unspecified atom stereocenters. The monoisotopic (exact) mass is 348 g/mol. The first kappa shape index (κ1) is 18.0. The Labute approximate surface area is 149 Å². The van der Waals surface area contributed by atoms with E-state index in [1.807, 2.05) is 36.1 Å². The Balaban J connectivity index is 1.63. The van der Waals surface area contributed by atoms with Crippen molar-refractivity contribution in [2.45, 2.75) is 37.8 Å². The van der Waals surface area contributed by atoms with Gasteiger partial charge in [0.15, 0.2) is 0 Å². The molecule has 1 saturated heterocycles. The van der Waals surface area contributed by atoms with Crippen LogP contribution in [0, 0.1) is 0 Å². The maximum atomic E-state index is 12.7. The van der Waals surface area contributed by atoms with Crippen molar-refractivity contribution in [1.82, 2.24) is 10.2 Å². The SMILES string of the molecule is CCOc1ccc([C@@H](COC)NC(=O)N2CCOC3(CCC3)C2)cc1. The van der Waals surface area contributed by atoms with E-state index < -0.39 is 0 Å². The van der Waals surface area contributed by atoms with Gasteiger partial charge in [0.05, 0.1) is 38.0 Å². The second kappa shape index (κ2) is 8.06. The molecule has 6 nitrogen and oxygen atoms in total. The molecule has 0 aromatic heterocycles. The van der Waals surface area contributed by atoms with Gasteiger partial charge in [-0.2, -0.15) is 0 Å². The van der Waals surface area contributed by atoms with Crippen LogP contribution in [-0.2, 0) is 9.47 Å². The molecule has 2 aliphatic rings. The average Bonchev–Trinajstić information content (AvgIpc) is 2.61. The molecule has 1 aliphatic carbocycles. The lowest BCUT2D eigenvalue weighted by Crippen LogP contribution is -2.59. The number of rotatable bonds is 6. The molecule has 2 amide bonds. The Hall–Kier alpha value is -1.79. The summed E-state index contributed by atoms with van der Waals surface area (Å²) in [5.74, 6) is 0.828. The summed E-state index contributed by atoms with van der Waals surface area (Å²) in [5.41, 5.74) is 0.913. The Bertz CT molecular complexity index is 571. The molecule has 1 aliphatic heterocycles. The van der Waals surface area contributed by atoms with Crippen molar-refractivity contribution in [3.8, 4) is 5.75 Å². The third-order valence-electron chi connectivity index (χ3n) is 5.02. The van der Waals surface area contributed by atoms with Gasteiger partial charge in [0.1, 0.15) is 5.75 Å². The van der Waals surface area contributed by atoms with E-state index in [4.69, 9.17) is 14.2 Å². The van der Waals surface area contributed by atoms with Gasteiger partial charge in [0.2, 0.25) is 0 Å². The third-order valence-corrected chi connectivity index (χ3v) is 5.02. The number of methoxy groups -OCH3 is 1. The van der Waals surface area contributed by atoms with E-state index in [1.165, 1.54) is 6.42 Å². The summed E-state index contributed by atoms with van der Waals surface area (Å²) < 4.78 is 16.7. The van der Waals surface area contributed by atoms with Crippen molar-refractivity contribution < 1.29 is 19.0 Å². The first-order valence-electron chi connectivity index (χ1n) is 9.07. The van der Waals surface area contributed by atoms with Gasteiger partial charge < -0.3 is 24.4 Å². The van der Waals surface area contributed by atoms with E-state index in [2.05, 4.69) is 5.32 Å². The Kier molecular flexibility index (Phi) is 5.81. The smallest absolute Gasteiger partial charge is 0.318 e. The fourth-order valence-electron chi connectivity index (χ4n) is 3.48. The molecular formula is C19H28N2O4. The van der Waals surface area contributed by atoms with Crippen LogP contribution in [0.25, 0.3) is 0 Å². The highest BCUT2D eigenvalue weighted by molar-refractivity contribution is 5.75. The molecule has 6 heteroatoms. The van der Waals surface area contributed by atoms with E-state index in [0.29, 0.717) is 32.9 Å². The summed E-state index contributed by atoms with van der Waals surface area (Å²) in [6.45, 7) is 4.95. The molecule has 1 spiro atoms. The van der Waals surface area contributed by atoms with E-state index in [-0.39, 0.29) is 17.7 Å². The summed E-state index contributed by atoms with van der Waals surface area (Å²) in [6, 6.07) is 7.56. The molecule has 1 N–H and O–H groups in total. The number of ether oxygens (including phenoxy) is 3. The van der Waals surface area contributed by atoms with Gasteiger partial charge in [-0.3, -0.25) is 0 Å². The third kappa shape index (κ3) is 4.25. The molecule has 1 aromatic rings. The number of carbonyl (C=O) groups excluding carboxylic acids is 1. The molecule has 0 bridgehead atoms. The number of morpholine rings is 1. The minimum Gasteiger partial charge on any atom is -0.494 e. The molecule has 3 rings (SSSR count). The fourth-order valence-corrected chi connectivity index (χ4v) is 3.48. The van der Waals surface area contributed by atoms with Gasteiger partial charge in [-0.05, 0) is 43.9 Å². The summed E-state index contributed by atoms with van der Waals surface area (Å²) in [4.78, 5) is 14.6. The molecule has 1 heterocycles. The lowest BCUT2D eigenvalue weighted by Gasteiger charge is -2.48. The minimum absolute atomic E-state index is 0.0505. The Morgan fingerprint density at radius 2 is 2.12 bits per heavy atom. The number of carbonyl (C=O) groups is 1. The maximum Gasteiger partial charge on any atom is 0.318 e. The predicted octanol–water partition coefficient (Wildman–Crippen LogP) is 2.74. The van der Waals surface area contributed by atoms with Crippen LogP contribution in [0.1, 0.15) is 37.8 Å². The van der Waals surface area contributed by atoms with Crippen LogP contribution < -0.4 is 10.1 Å². The quantitative estimate of drug-likeness (QED) is 0.859. The molecule has 0 radical (unpaired) electrons. The topological polar surface area (TPSA) is 60.0 Å². The summed E-state index contributed by atoms with van der Waals surface area (Å²) >= 11 is 0. The largest absolute Gasteiger partial charge is 0.494 e. The van der Waals surface area contributed by atoms with E-state index >= 15 is 0 Å². The Morgan fingerprint density at radius 3 is 2.72 bits per heavy atom. The van der Waals surface area contributed by atoms with Crippen LogP contribution in [0.3, 0.4) is 0 Å². The van der Waals surface area contributed by atoms with Gasteiger partial charge in [0.25, 0.3) is 0 Å². The zero-order valence-electron chi connectivity index (χ0n) is 15.1. The van der Waals surface area contributed by atoms with Crippen molar-refractivity contribution in [3.05, 3.63) is 29.8 Å². The second-order valence-corrected chi connectivity index (χ2v) is 6.77. The van der Waals surface area contributed by atoms with Crippen LogP contribution in [0.15, 0.2) is 24.3 Å². The van der Waals surface area contributed by atoms with E-state index in [9.17, 15) is 4.79 Å². The number of urea groups is 1. The lowest BCUT2D eigenvalue weighted by atomic mass is 9.79. The number of hydrogen-bond acceptors (Lipinski definition) is 4. The molecule has 25 heavy (non-hydrogen) atoms. The standard InChI is InChI=1S/C19H28N2O4/c1-3-24-16-7-5-15(6-8-16)17(13-23-2)20-18(22)21-11-12-25-19(14-21)9-4-10-19/h5-8,17H,3-4,9-14H2,1-2H3,(H,20,22)/t17-/m1/s1. The minimum atomic E-state index is -0.187. The number of hydrogen-bond donors (Lipinski definition) is 1. The number of nitrogens with one attached hydrogen (secondary N) is 1. The first-order chi connectivity index (χ1) is 12.2. The molecule has 1 atom stereocenters. The zero-order valence-corrected chi connectivity index (χ0v) is 15.1. The summed E-state index contributed by atoms with van der Waals surface area (Å²) in [7, 11) is 1.64. The Morgan fingerprint density at radius 1 is 1.36 bits per heavy atom. The number of amides is 2. The van der Waals surface area contributed by atoms with Crippen LogP contribution in [0.5, 0.6) is 5.75 Å². The van der Waals surface area contributed by atoms with Crippen LogP contribution in [0.2, 0.25) is 0 Å². The van der Waals surface area contributed by atoms with Crippen molar-refractivity contribution >= 4 is 6.03 Å².